The zero-order valence-electron chi connectivity index (χ0n) is 6.52. The lowest BCUT2D eigenvalue weighted by atomic mass is 10.5. The van der Waals surface area contributed by atoms with Crippen LogP contribution in [0.25, 0.3) is 0 Å². The van der Waals surface area contributed by atoms with E-state index in [0.29, 0.717) is 0 Å². The lowest BCUT2D eigenvalue weighted by molar-refractivity contribution is 0.431. The molecule has 0 unspecified atom stereocenters. The van der Waals surface area contributed by atoms with E-state index < -0.39 is 0 Å². The number of hydrogen-bond donors (Lipinski definition) is 1. The van der Waals surface area contributed by atoms with Crippen molar-refractivity contribution >= 4 is 0 Å². The molecule has 0 saturated carbocycles. The minimum Gasteiger partial charge on any atom is -0.388 e. The Balaban J connectivity index is 0.000000291. The summed E-state index contributed by atoms with van der Waals surface area (Å²) >= 11 is 0. The van der Waals surface area contributed by atoms with Crippen LogP contribution in [0.1, 0.15) is 13.8 Å². The summed E-state index contributed by atoms with van der Waals surface area (Å²) in [7, 11) is 2.07. The van der Waals surface area contributed by atoms with Crippen LogP contribution in [0, 0.1) is 0 Å². The second-order valence-corrected chi connectivity index (χ2v) is 1.75. The molecule has 0 fully saturated rings. The van der Waals surface area contributed by atoms with Gasteiger partial charge in [0.15, 0.2) is 0 Å². The Hall–Kier alpha value is -0.660. The highest BCUT2D eigenvalue weighted by Crippen LogP contribution is 1.85. The number of likely N-dealkylation sites (N-methyl/N-ethyl adjacent to an activating group) is 1. The number of nitrogens with zero attached hydrogens (tertiary/aromatic N) is 1. The molecule has 1 rings (SSSR count). The predicted molar refractivity (Wildman–Crippen MR) is 41.1 cm³/mol. The number of rotatable bonds is 0. The van der Waals surface area contributed by atoms with Crippen LogP contribution in [0.2, 0.25) is 0 Å². The van der Waals surface area contributed by atoms with Gasteiger partial charge in [-0.25, -0.2) is 0 Å². The van der Waals surface area contributed by atoms with Crippen molar-refractivity contribution in [3.63, 3.8) is 0 Å². The molecule has 0 radical (unpaired) electrons. The number of nitrogens with one attached hydrogen (secondary N) is 1. The van der Waals surface area contributed by atoms with E-state index in [0.717, 1.165) is 13.1 Å². The molecule has 0 saturated heterocycles. The van der Waals surface area contributed by atoms with E-state index in [1.165, 1.54) is 0 Å². The maximum atomic E-state index is 3.09. The molecule has 0 atom stereocenters. The van der Waals surface area contributed by atoms with Gasteiger partial charge in [0.1, 0.15) is 0 Å². The van der Waals surface area contributed by atoms with Gasteiger partial charge in [0.25, 0.3) is 0 Å². The van der Waals surface area contributed by atoms with Crippen LogP contribution in [0.15, 0.2) is 12.4 Å². The molecule has 0 aromatic rings. The summed E-state index contributed by atoms with van der Waals surface area (Å²) in [5.41, 5.74) is 0. The van der Waals surface area contributed by atoms with Gasteiger partial charge >= 0.3 is 0 Å². The lowest BCUT2D eigenvalue weighted by Gasteiger charge is -2.17. The van der Waals surface area contributed by atoms with Gasteiger partial charge in [-0.1, -0.05) is 13.8 Å². The van der Waals surface area contributed by atoms with Crippen LogP contribution in [-0.4, -0.2) is 25.0 Å². The molecule has 0 bridgehead atoms. The van der Waals surface area contributed by atoms with Gasteiger partial charge in [-0.15, -0.1) is 0 Å². The van der Waals surface area contributed by atoms with Crippen molar-refractivity contribution < 1.29 is 0 Å². The first-order chi connectivity index (χ1) is 4.39. The Kier molecular flexibility index (Phi) is 5.07. The molecule has 2 heteroatoms. The van der Waals surface area contributed by atoms with Gasteiger partial charge in [-0.2, -0.15) is 0 Å². The Morgan fingerprint density at radius 3 is 2.33 bits per heavy atom. The Bertz CT molecular complexity index is 79.0. The molecular formula is C7H16N2. The van der Waals surface area contributed by atoms with Gasteiger partial charge in [-0.3, -0.25) is 0 Å². The summed E-state index contributed by atoms with van der Waals surface area (Å²) in [6.07, 6.45) is 3.99. The molecule has 1 heterocycles. The highest BCUT2D eigenvalue weighted by molar-refractivity contribution is 4.83. The Labute approximate surface area is 57.5 Å². The zero-order chi connectivity index (χ0) is 7.11. The summed E-state index contributed by atoms with van der Waals surface area (Å²) < 4.78 is 0. The van der Waals surface area contributed by atoms with Crippen LogP contribution in [0.4, 0.5) is 0 Å². The summed E-state index contributed by atoms with van der Waals surface area (Å²) in [6.45, 7) is 6.20. The molecular weight excluding hydrogens is 112 g/mol. The van der Waals surface area contributed by atoms with E-state index in [1.54, 1.807) is 0 Å². The second kappa shape index (κ2) is 5.48. The molecule has 2 nitrogen and oxygen atoms in total. The van der Waals surface area contributed by atoms with Crippen molar-refractivity contribution in [1.29, 1.82) is 0 Å². The summed E-state index contributed by atoms with van der Waals surface area (Å²) in [5, 5.41) is 3.09. The topological polar surface area (TPSA) is 15.3 Å². The van der Waals surface area contributed by atoms with Crippen molar-refractivity contribution in [3.8, 4) is 0 Å². The monoisotopic (exact) mass is 128 g/mol. The molecule has 0 aliphatic carbocycles. The van der Waals surface area contributed by atoms with Gasteiger partial charge in [-0.05, 0) is 0 Å². The summed E-state index contributed by atoms with van der Waals surface area (Å²) in [5.74, 6) is 0. The fourth-order valence-electron chi connectivity index (χ4n) is 0.579. The van der Waals surface area contributed by atoms with Crippen LogP contribution in [0.3, 0.4) is 0 Å². The molecule has 0 spiro atoms. The molecule has 54 valence electrons. The fourth-order valence-corrected chi connectivity index (χ4v) is 0.579. The zero-order valence-corrected chi connectivity index (χ0v) is 6.52. The fraction of sp³-hybridized carbons (Fsp3) is 0.714. The van der Waals surface area contributed by atoms with Gasteiger partial charge in [0, 0.05) is 32.5 Å². The SMILES string of the molecule is CC.CN1C=CNCC1. The van der Waals surface area contributed by atoms with Gasteiger partial charge in [0.05, 0.1) is 0 Å². The van der Waals surface area contributed by atoms with Crippen molar-refractivity contribution in [1.82, 2.24) is 10.2 Å². The molecule has 0 amide bonds. The van der Waals surface area contributed by atoms with Crippen molar-refractivity contribution in [2.45, 2.75) is 13.8 Å². The van der Waals surface area contributed by atoms with Crippen LogP contribution >= 0.6 is 0 Å². The van der Waals surface area contributed by atoms with Gasteiger partial charge < -0.3 is 10.2 Å². The maximum absolute atomic E-state index is 3.09. The van der Waals surface area contributed by atoms with Gasteiger partial charge in [0.2, 0.25) is 0 Å². The van der Waals surface area contributed by atoms with E-state index in [9.17, 15) is 0 Å². The average molecular weight is 128 g/mol. The smallest absolute Gasteiger partial charge is 0.0343 e. The van der Waals surface area contributed by atoms with Crippen molar-refractivity contribution in [3.05, 3.63) is 12.4 Å². The molecule has 0 aromatic heterocycles. The minimum absolute atomic E-state index is 1.08. The molecule has 9 heavy (non-hydrogen) atoms. The largest absolute Gasteiger partial charge is 0.388 e. The first-order valence-corrected chi connectivity index (χ1v) is 3.50. The highest BCUT2D eigenvalue weighted by Gasteiger charge is 1.92. The van der Waals surface area contributed by atoms with Crippen molar-refractivity contribution in [2.75, 3.05) is 20.1 Å². The standard InChI is InChI=1S/C5H10N2.C2H6/c1-7-4-2-6-3-5-7;1-2/h2,4,6H,3,5H2,1H3;1-2H3. The summed E-state index contributed by atoms with van der Waals surface area (Å²) in [4.78, 5) is 2.15. The molecule has 1 N–H and O–H groups in total. The number of hydrogen-bond acceptors (Lipinski definition) is 2. The molecule has 1 aliphatic rings. The van der Waals surface area contributed by atoms with Crippen molar-refractivity contribution in [2.24, 2.45) is 0 Å². The van der Waals surface area contributed by atoms with E-state index >= 15 is 0 Å². The molecule has 1 aliphatic heterocycles. The van der Waals surface area contributed by atoms with Crippen LogP contribution in [-0.2, 0) is 0 Å². The van der Waals surface area contributed by atoms with Crippen LogP contribution in [0.5, 0.6) is 0 Å². The van der Waals surface area contributed by atoms with E-state index in [2.05, 4.69) is 17.3 Å². The van der Waals surface area contributed by atoms with E-state index in [4.69, 9.17) is 0 Å². The highest BCUT2D eigenvalue weighted by atomic mass is 15.1. The first kappa shape index (κ1) is 8.34. The maximum Gasteiger partial charge on any atom is 0.0343 e. The molecule has 0 aromatic carbocycles. The van der Waals surface area contributed by atoms with E-state index in [1.807, 2.05) is 26.2 Å². The van der Waals surface area contributed by atoms with E-state index in [-0.39, 0.29) is 0 Å². The van der Waals surface area contributed by atoms with Crippen LogP contribution < -0.4 is 5.32 Å². The third kappa shape index (κ3) is 3.88. The minimum atomic E-state index is 1.08. The first-order valence-electron chi connectivity index (χ1n) is 3.50. The average Bonchev–Trinajstić information content (AvgIpc) is 1.94. The Morgan fingerprint density at radius 1 is 1.44 bits per heavy atom. The predicted octanol–water partition coefficient (Wildman–Crippen LogP) is 1.02. The quantitative estimate of drug-likeness (QED) is 0.524. The lowest BCUT2D eigenvalue weighted by Crippen LogP contribution is -2.27. The third-order valence-corrected chi connectivity index (χ3v) is 1.06. The third-order valence-electron chi connectivity index (χ3n) is 1.06. The normalized spacial score (nSPS) is 15.7. The Morgan fingerprint density at radius 2 is 2.11 bits per heavy atom. The second-order valence-electron chi connectivity index (χ2n) is 1.75. The summed E-state index contributed by atoms with van der Waals surface area (Å²) in [6, 6.07) is 0.